The van der Waals surface area contributed by atoms with Crippen molar-refractivity contribution in [3.63, 3.8) is 0 Å². The monoisotopic (exact) mass is 154 g/mol. The van der Waals surface area contributed by atoms with Gasteiger partial charge in [-0.2, -0.15) is 0 Å². The number of nitrogens with zero attached hydrogens (tertiary/aromatic N) is 1. The minimum Gasteiger partial charge on any atom is -0.481 e. The van der Waals surface area contributed by atoms with Crippen molar-refractivity contribution in [1.82, 2.24) is 4.81 Å². The minimum absolute atomic E-state index is 0.300. The molecule has 11 heavy (non-hydrogen) atoms. The molecule has 0 aromatic heterocycles. The van der Waals surface area contributed by atoms with E-state index in [4.69, 9.17) is 5.11 Å². The van der Waals surface area contributed by atoms with Crippen molar-refractivity contribution in [2.24, 2.45) is 5.92 Å². The van der Waals surface area contributed by atoms with Crippen molar-refractivity contribution >= 4 is 19.6 Å². The van der Waals surface area contributed by atoms with Gasteiger partial charge in [0.05, 0.1) is 12.1 Å². The Bertz CT molecular complexity index is 173. The van der Waals surface area contributed by atoms with Crippen LogP contribution in [-0.2, 0) is 9.59 Å². The Hall–Kier alpha value is -0.835. The van der Waals surface area contributed by atoms with Gasteiger partial charge in [0.2, 0.25) is 0 Å². The van der Waals surface area contributed by atoms with Gasteiger partial charge in [0.25, 0.3) is 7.41 Å². The Labute approximate surface area is 65.4 Å². The highest BCUT2D eigenvalue weighted by Crippen LogP contribution is 2.14. The fourth-order valence-corrected chi connectivity index (χ4v) is 1.21. The Morgan fingerprint density at radius 2 is 2.45 bits per heavy atom. The van der Waals surface area contributed by atoms with Crippen molar-refractivity contribution in [3.8, 4) is 0 Å². The predicted octanol–water partition coefficient (Wildman–Crippen LogP) is -0.798. The Morgan fingerprint density at radius 1 is 1.73 bits per heavy atom. The number of carboxylic acids is 1. The van der Waals surface area contributed by atoms with E-state index in [1.54, 1.807) is 4.81 Å². The highest BCUT2D eigenvalue weighted by molar-refractivity contribution is 6.64. The lowest BCUT2D eigenvalue weighted by Crippen LogP contribution is -2.27. The summed E-state index contributed by atoms with van der Waals surface area (Å²) in [5.41, 5.74) is 0. The van der Waals surface area contributed by atoms with E-state index >= 15 is 0 Å². The van der Waals surface area contributed by atoms with Crippen LogP contribution >= 0.6 is 0 Å². The van der Waals surface area contributed by atoms with E-state index in [-0.39, 0.29) is 5.92 Å². The highest BCUT2D eigenvalue weighted by Gasteiger charge is 2.27. The van der Waals surface area contributed by atoms with Gasteiger partial charge in [-0.25, -0.2) is 0 Å². The first-order valence-electron chi connectivity index (χ1n) is 3.49. The summed E-state index contributed by atoms with van der Waals surface area (Å²) in [6, 6.07) is 0. The van der Waals surface area contributed by atoms with Crippen LogP contribution < -0.4 is 0 Å². The lowest BCUT2D eigenvalue weighted by atomic mass is 9.95. The van der Waals surface area contributed by atoms with Gasteiger partial charge < -0.3 is 14.7 Å². The molecule has 0 aromatic rings. The maximum Gasteiger partial charge on any atom is 0.307 e. The second kappa shape index (κ2) is 3.53. The number of hydrogen-bond acceptors (Lipinski definition) is 3. The third-order valence-corrected chi connectivity index (χ3v) is 1.84. The predicted molar refractivity (Wildman–Crippen MR) is 39.8 cm³/mol. The van der Waals surface area contributed by atoms with Gasteiger partial charge >= 0.3 is 5.97 Å². The molecule has 5 heteroatoms. The number of aliphatic carboxylic acids is 1. The molecule has 1 fully saturated rings. The van der Waals surface area contributed by atoms with E-state index < -0.39 is 5.97 Å². The molecular weight excluding hydrogens is 145 g/mol. The van der Waals surface area contributed by atoms with E-state index in [1.807, 2.05) is 0 Å². The van der Waals surface area contributed by atoms with E-state index in [9.17, 15) is 9.59 Å². The van der Waals surface area contributed by atoms with Crippen LogP contribution in [0, 0.1) is 5.92 Å². The van der Waals surface area contributed by atoms with Gasteiger partial charge in [0.1, 0.15) is 0 Å². The Morgan fingerprint density at radius 3 is 2.91 bits per heavy atom. The highest BCUT2D eigenvalue weighted by atomic mass is 16.4. The third-order valence-electron chi connectivity index (χ3n) is 1.84. The average Bonchev–Trinajstić information content (AvgIpc) is 2.37. The van der Waals surface area contributed by atoms with Crippen LogP contribution in [0.4, 0.5) is 0 Å². The molecule has 1 heterocycles. The van der Waals surface area contributed by atoms with Crippen molar-refractivity contribution in [2.75, 3.05) is 13.1 Å². The van der Waals surface area contributed by atoms with Crippen LogP contribution in [0.1, 0.15) is 6.42 Å². The first-order valence-corrected chi connectivity index (χ1v) is 3.49. The smallest absolute Gasteiger partial charge is 0.307 e. The summed E-state index contributed by atoms with van der Waals surface area (Å²) in [5.74, 6) is -1.07. The van der Waals surface area contributed by atoms with Gasteiger partial charge in [-0.15, -0.1) is 0 Å². The lowest BCUT2D eigenvalue weighted by Gasteiger charge is -2.08. The van der Waals surface area contributed by atoms with E-state index in [1.165, 1.54) is 7.41 Å². The summed E-state index contributed by atoms with van der Waals surface area (Å²) in [6.45, 7) is 1.14. The number of carbonyl (C=O) groups excluding carboxylic acids is 1. The molecule has 0 amide bonds. The molecule has 0 aromatic carbocycles. The van der Waals surface area contributed by atoms with Crippen LogP contribution in [0.25, 0.3) is 0 Å². The summed E-state index contributed by atoms with van der Waals surface area (Å²) in [7, 11) is 1.39. The van der Waals surface area contributed by atoms with Gasteiger partial charge in [-0.1, -0.05) is 0 Å². The zero-order valence-electron chi connectivity index (χ0n) is 6.06. The average molecular weight is 154 g/mol. The van der Waals surface area contributed by atoms with Crippen LogP contribution in [0.3, 0.4) is 0 Å². The number of carboxylic acid groups (broad SMARTS) is 1. The number of carbonyl (C=O) groups is 2. The molecule has 0 aliphatic carbocycles. The molecule has 0 spiro atoms. The van der Waals surface area contributed by atoms with Crippen LogP contribution in [0.5, 0.6) is 0 Å². The van der Waals surface area contributed by atoms with Crippen molar-refractivity contribution in [3.05, 3.63) is 0 Å². The quantitative estimate of drug-likeness (QED) is 0.427. The summed E-state index contributed by atoms with van der Waals surface area (Å²) >= 11 is 0. The van der Waals surface area contributed by atoms with Crippen LogP contribution in [-0.4, -0.2) is 42.6 Å². The fourth-order valence-electron chi connectivity index (χ4n) is 1.21. The summed E-state index contributed by atoms with van der Waals surface area (Å²) in [6.07, 6.45) is 1.32. The third kappa shape index (κ3) is 2.05. The summed E-state index contributed by atoms with van der Waals surface area (Å²) in [4.78, 5) is 22.1. The molecule has 1 N–H and O–H groups in total. The van der Waals surface area contributed by atoms with E-state index in [0.717, 1.165) is 0 Å². The molecule has 59 valence electrons. The SMILES string of the molecule is O=C[B]N1CC[C@H](C(=O)O)C1. The largest absolute Gasteiger partial charge is 0.481 e. The molecule has 0 bridgehead atoms. The second-order valence-electron chi connectivity index (χ2n) is 2.60. The van der Waals surface area contributed by atoms with Crippen molar-refractivity contribution < 1.29 is 14.7 Å². The Kier molecular flexibility index (Phi) is 2.65. The topological polar surface area (TPSA) is 57.6 Å². The first kappa shape index (κ1) is 8.26. The van der Waals surface area contributed by atoms with Crippen molar-refractivity contribution in [1.29, 1.82) is 0 Å². The molecule has 0 saturated carbocycles. The minimum atomic E-state index is -0.771. The molecule has 1 aliphatic heterocycles. The molecule has 1 atom stereocenters. The molecule has 1 aliphatic rings. The summed E-state index contributed by atoms with van der Waals surface area (Å²) < 4.78 is 0. The maximum atomic E-state index is 10.4. The van der Waals surface area contributed by atoms with Gasteiger partial charge in [-0.05, 0) is 13.0 Å². The fraction of sp³-hybridized carbons (Fsp3) is 0.667. The molecule has 1 radical (unpaired) electrons. The van der Waals surface area contributed by atoms with Crippen LogP contribution in [0.2, 0.25) is 0 Å². The van der Waals surface area contributed by atoms with E-state index in [0.29, 0.717) is 25.7 Å². The molecular formula is C6H9BNO3. The normalized spacial score (nSPS) is 24.9. The molecule has 1 rings (SSSR count). The second-order valence-corrected chi connectivity index (χ2v) is 2.60. The van der Waals surface area contributed by atoms with Gasteiger partial charge in [0.15, 0.2) is 0 Å². The molecule has 4 nitrogen and oxygen atoms in total. The van der Waals surface area contributed by atoms with Crippen LogP contribution in [0.15, 0.2) is 0 Å². The zero-order chi connectivity index (χ0) is 8.27. The molecule has 0 unspecified atom stereocenters. The van der Waals surface area contributed by atoms with E-state index in [2.05, 4.69) is 0 Å². The number of hydrogen-bond donors (Lipinski definition) is 1. The maximum absolute atomic E-state index is 10.4. The molecule has 1 saturated heterocycles. The van der Waals surface area contributed by atoms with Gasteiger partial charge in [0, 0.05) is 6.54 Å². The van der Waals surface area contributed by atoms with Crippen molar-refractivity contribution in [2.45, 2.75) is 6.42 Å². The van der Waals surface area contributed by atoms with Gasteiger partial charge in [-0.3, -0.25) is 4.79 Å². The standard InChI is InChI=1S/C6H9BNO3/c9-4-7-8-2-1-5(3-8)6(10)11/h4-5H,1-3H2,(H,10,11)/t5-/m0/s1. The Balaban J connectivity index is 2.34. The lowest BCUT2D eigenvalue weighted by molar-refractivity contribution is -0.141. The number of rotatable bonds is 3. The first-order chi connectivity index (χ1) is 5.24. The summed E-state index contributed by atoms with van der Waals surface area (Å²) in [5, 5.41) is 8.57. The zero-order valence-corrected chi connectivity index (χ0v) is 6.06.